The Bertz CT molecular complexity index is 511. The van der Waals surface area contributed by atoms with Crippen molar-refractivity contribution < 1.29 is 41.5 Å². The van der Waals surface area contributed by atoms with Crippen molar-refractivity contribution in [2.24, 2.45) is 0 Å². The fourth-order valence-corrected chi connectivity index (χ4v) is 2.96. The van der Waals surface area contributed by atoms with E-state index in [4.69, 9.17) is 10.2 Å². The molecule has 0 aromatic rings. The van der Waals surface area contributed by atoms with E-state index in [-0.39, 0.29) is 45.7 Å². The summed E-state index contributed by atoms with van der Waals surface area (Å²) in [7, 11) is -1.70. The Morgan fingerprint density at radius 1 is 0.839 bits per heavy atom. The number of rotatable bonds is 8. The second-order valence-corrected chi connectivity index (χ2v) is 13.0. The van der Waals surface area contributed by atoms with Crippen LogP contribution < -0.4 is 0 Å². The van der Waals surface area contributed by atoms with Crippen molar-refractivity contribution in [2.75, 3.05) is 26.2 Å². The molecule has 0 saturated carbocycles. The zero-order valence-electron chi connectivity index (χ0n) is 21.7. The van der Waals surface area contributed by atoms with Crippen molar-refractivity contribution in [3.8, 4) is 0 Å². The van der Waals surface area contributed by atoms with Crippen molar-refractivity contribution in [1.29, 1.82) is 0 Å². The first-order valence-electron chi connectivity index (χ1n) is 10.9. The van der Waals surface area contributed by atoms with E-state index in [0.29, 0.717) is 31.8 Å². The van der Waals surface area contributed by atoms with Crippen molar-refractivity contribution in [2.45, 2.75) is 87.2 Å². The van der Waals surface area contributed by atoms with Crippen LogP contribution in [0.1, 0.15) is 55.4 Å². The number of hydrogen-bond donors (Lipinski definition) is 2. The summed E-state index contributed by atoms with van der Waals surface area (Å²) in [6.45, 7) is 23.5. The summed E-state index contributed by atoms with van der Waals surface area (Å²) in [6.07, 6.45) is 3.91. The van der Waals surface area contributed by atoms with Gasteiger partial charge in [-0.05, 0) is 63.5 Å². The topological polar surface area (TPSA) is 81.1 Å². The smallest absolute Gasteiger partial charge is 0.407 e. The van der Waals surface area contributed by atoms with Gasteiger partial charge in [0.15, 0.2) is 0 Å². The van der Waals surface area contributed by atoms with Gasteiger partial charge >= 0.3 is 21.7 Å². The van der Waals surface area contributed by atoms with Gasteiger partial charge in [-0.1, -0.05) is 19.6 Å². The van der Waals surface area contributed by atoms with Crippen molar-refractivity contribution >= 4 is 19.9 Å². The number of aliphatic hydroxyl groups is 2. The third-order valence-electron chi connectivity index (χ3n) is 3.18. The molecule has 0 heterocycles. The normalized spacial score (nSPS) is 11.3. The van der Waals surface area contributed by atoms with Crippen molar-refractivity contribution in [3.63, 3.8) is 0 Å². The molecular formula is C23H46N2O4SiTi. The molecule has 8 heteroatoms. The molecule has 2 amide bonds. The Balaban J connectivity index is -0.000000345. The summed E-state index contributed by atoms with van der Waals surface area (Å²) in [6, 6.07) is 0. The van der Waals surface area contributed by atoms with Crippen LogP contribution in [0.25, 0.3) is 0 Å². The average molecular weight is 491 g/mol. The Morgan fingerprint density at radius 3 is 1.42 bits per heavy atom. The maximum atomic E-state index is 12.6. The third-order valence-corrected chi connectivity index (χ3v) is 4.20. The molecular weight excluding hydrogens is 444 g/mol. The van der Waals surface area contributed by atoms with Crippen LogP contribution in [-0.4, -0.2) is 78.3 Å². The van der Waals surface area contributed by atoms with Crippen LogP contribution in [0, 0.1) is 11.8 Å². The van der Waals surface area contributed by atoms with Crippen LogP contribution in [0.15, 0.2) is 11.6 Å². The standard InChI is InChI=1S/C17H30N2O2Si.2C3H8O.Ti/c1-8-18(9-2)16(20)13-12-15(14-22(5,6)7)17(21)19(10-3)11-4;2*1-3(2)4;/h12H,8-11H2,1-7H3;2*3-4H,1-2H3;/q-2;;;+2. The monoisotopic (exact) mass is 490 g/mol. The van der Waals surface area contributed by atoms with Gasteiger partial charge in [0.2, 0.25) is 0 Å². The molecule has 0 aromatic carbocycles. The van der Waals surface area contributed by atoms with Crippen LogP contribution in [0.2, 0.25) is 19.6 Å². The van der Waals surface area contributed by atoms with Gasteiger partial charge in [0.05, 0.1) is 5.91 Å². The van der Waals surface area contributed by atoms with Crippen LogP contribution in [0.3, 0.4) is 0 Å². The molecule has 0 saturated heterocycles. The largest absolute Gasteiger partial charge is 2.00 e. The molecule has 2 N–H and O–H groups in total. The number of aliphatic hydroxyl groups excluding tert-OH is 2. The number of amides is 2. The SMILES string of the molecule is CC(C)O.CC(C)O.CCN(CC)C(=O)[C-]=CC(=[C-][Si](C)(C)C)C(=O)N(CC)CC.[Ti+2]. The summed E-state index contributed by atoms with van der Waals surface area (Å²) in [4.78, 5) is 28.0. The summed E-state index contributed by atoms with van der Waals surface area (Å²) in [5.41, 5.74) is 3.77. The molecule has 0 bridgehead atoms. The first-order chi connectivity index (χ1) is 13.7. The van der Waals surface area contributed by atoms with E-state index in [1.807, 2.05) is 27.7 Å². The molecule has 0 spiro atoms. The molecule has 0 fully saturated rings. The number of carbonyl (C=O) groups excluding carboxylic acids is 2. The molecule has 0 atom stereocenters. The number of nitrogens with zero attached hydrogens (tertiary/aromatic N) is 2. The van der Waals surface area contributed by atoms with E-state index >= 15 is 0 Å². The van der Waals surface area contributed by atoms with Gasteiger partial charge in [-0.3, -0.25) is 10.4 Å². The zero-order chi connectivity index (χ0) is 24.5. The Kier molecular flexibility index (Phi) is 25.6. The Labute approximate surface area is 207 Å². The third kappa shape index (κ3) is 25.4. The molecule has 0 aliphatic heterocycles. The van der Waals surface area contributed by atoms with Crippen molar-refractivity contribution in [3.05, 3.63) is 23.4 Å². The quantitative estimate of drug-likeness (QED) is 0.236. The van der Waals surface area contributed by atoms with Gasteiger partial charge in [-0.15, -0.1) is 0 Å². The molecule has 0 aromatic heterocycles. The van der Waals surface area contributed by atoms with E-state index in [9.17, 15) is 9.59 Å². The molecule has 0 aliphatic carbocycles. The van der Waals surface area contributed by atoms with Gasteiger partial charge in [0.25, 0.3) is 0 Å². The molecule has 0 rings (SSSR count). The Morgan fingerprint density at radius 2 is 1.16 bits per heavy atom. The predicted octanol–water partition coefficient (Wildman–Crippen LogP) is 3.46. The van der Waals surface area contributed by atoms with Gasteiger partial charge < -0.3 is 36.6 Å². The minimum atomic E-state index is -1.70. The van der Waals surface area contributed by atoms with Crippen molar-refractivity contribution in [1.82, 2.24) is 9.80 Å². The van der Waals surface area contributed by atoms with Crippen LogP contribution in [0.4, 0.5) is 0 Å². The van der Waals surface area contributed by atoms with Gasteiger partial charge in [-0.25, -0.2) is 6.08 Å². The minimum Gasteiger partial charge on any atom is -0.407 e. The first-order valence-corrected chi connectivity index (χ1v) is 14.4. The predicted molar refractivity (Wildman–Crippen MR) is 128 cm³/mol. The molecule has 0 aliphatic rings. The van der Waals surface area contributed by atoms with E-state index in [2.05, 4.69) is 31.4 Å². The molecule has 0 unspecified atom stereocenters. The van der Waals surface area contributed by atoms with Crippen LogP contribution >= 0.6 is 0 Å². The second-order valence-electron chi connectivity index (χ2n) is 8.22. The molecule has 31 heavy (non-hydrogen) atoms. The Hall–Kier alpha value is -0.729. The van der Waals surface area contributed by atoms with Gasteiger partial charge in [0.1, 0.15) is 5.91 Å². The summed E-state index contributed by atoms with van der Waals surface area (Å²) < 4.78 is 0. The molecule has 180 valence electrons. The number of likely N-dealkylation sites (N-methyl/N-ethyl adjacent to an activating group) is 2. The van der Waals surface area contributed by atoms with E-state index in [0.717, 1.165) is 0 Å². The fraction of sp³-hybridized carbons (Fsp3) is 0.739. The number of carbonyl (C=O) groups is 2. The fourth-order valence-electron chi connectivity index (χ4n) is 1.97. The summed E-state index contributed by atoms with van der Waals surface area (Å²) in [5, 5.41) is 16.1. The van der Waals surface area contributed by atoms with E-state index < -0.39 is 8.07 Å². The second kappa shape index (κ2) is 21.1. The van der Waals surface area contributed by atoms with E-state index in [1.54, 1.807) is 37.5 Å². The molecule has 0 radical (unpaired) electrons. The molecule has 6 nitrogen and oxygen atoms in total. The maximum Gasteiger partial charge on any atom is 2.00 e. The minimum absolute atomic E-state index is 0. The van der Waals surface area contributed by atoms with Gasteiger partial charge in [0, 0.05) is 38.4 Å². The van der Waals surface area contributed by atoms with Gasteiger partial charge in [-0.2, -0.15) is 0 Å². The average Bonchev–Trinajstić information content (AvgIpc) is 2.58. The van der Waals surface area contributed by atoms with E-state index in [1.165, 1.54) is 6.08 Å². The zero-order valence-corrected chi connectivity index (χ0v) is 24.2. The summed E-state index contributed by atoms with van der Waals surface area (Å²) in [5.74, 6) is -0.264. The van der Waals surface area contributed by atoms with Crippen LogP contribution in [-0.2, 0) is 31.3 Å². The number of hydrogen-bond acceptors (Lipinski definition) is 4. The summed E-state index contributed by atoms with van der Waals surface area (Å²) >= 11 is 0. The van der Waals surface area contributed by atoms with Crippen LogP contribution in [0.5, 0.6) is 0 Å². The maximum absolute atomic E-state index is 12.6. The first kappa shape index (κ1) is 37.6.